The summed E-state index contributed by atoms with van der Waals surface area (Å²) in [6.45, 7) is 0. The van der Waals surface area contributed by atoms with E-state index in [1.807, 2.05) is 0 Å². The Morgan fingerprint density at radius 1 is 1.18 bits per heavy atom. The Hall–Kier alpha value is -1.91. The van der Waals surface area contributed by atoms with Crippen molar-refractivity contribution < 1.29 is 19.8 Å². The quantitative estimate of drug-likeness (QED) is 0.707. The van der Waals surface area contributed by atoms with Crippen LogP contribution in [0.3, 0.4) is 0 Å². The van der Waals surface area contributed by atoms with E-state index in [4.69, 9.17) is 10.2 Å². The highest BCUT2D eigenvalue weighted by Crippen LogP contribution is 2.22. The first kappa shape index (κ1) is 13.2. The van der Waals surface area contributed by atoms with Crippen LogP contribution in [0.25, 0.3) is 0 Å². The Kier molecular flexibility index (Phi) is 5.13. The summed E-state index contributed by atoms with van der Waals surface area (Å²) in [5, 5.41) is 17.6. The number of aromatic nitrogens is 1. The van der Waals surface area contributed by atoms with Crippen molar-refractivity contribution in [1.29, 1.82) is 0 Å². The summed E-state index contributed by atoms with van der Waals surface area (Å²) in [6.07, 6.45) is 4.75. The van der Waals surface area contributed by atoms with Gasteiger partial charge in [0.15, 0.2) is 0 Å². The van der Waals surface area contributed by atoms with E-state index in [1.54, 1.807) is 24.5 Å². The highest BCUT2D eigenvalue weighted by molar-refractivity contribution is 5.75. The molecule has 0 aliphatic carbocycles. The number of rotatable bonds is 7. The molecule has 0 aliphatic rings. The van der Waals surface area contributed by atoms with Crippen molar-refractivity contribution >= 4 is 11.9 Å². The number of carboxylic acid groups (broad SMARTS) is 2. The summed E-state index contributed by atoms with van der Waals surface area (Å²) in [5.41, 5.74) is 0.711. The van der Waals surface area contributed by atoms with Crippen molar-refractivity contribution in [3.63, 3.8) is 0 Å². The first-order valence-corrected chi connectivity index (χ1v) is 5.46. The van der Waals surface area contributed by atoms with Crippen LogP contribution in [0.2, 0.25) is 0 Å². The van der Waals surface area contributed by atoms with Gasteiger partial charge < -0.3 is 10.2 Å². The molecule has 1 unspecified atom stereocenters. The number of carboxylic acids is 2. The maximum Gasteiger partial charge on any atom is 0.310 e. The second-order valence-electron chi connectivity index (χ2n) is 3.81. The molecule has 1 atom stereocenters. The van der Waals surface area contributed by atoms with Crippen LogP contribution in [-0.4, -0.2) is 27.1 Å². The molecule has 0 amide bonds. The van der Waals surface area contributed by atoms with Gasteiger partial charge in [0.05, 0.1) is 5.92 Å². The normalized spacial score (nSPS) is 12.0. The third-order valence-corrected chi connectivity index (χ3v) is 2.54. The van der Waals surface area contributed by atoms with Gasteiger partial charge in [-0.25, -0.2) is 0 Å². The molecule has 1 aromatic rings. The first-order chi connectivity index (χ1) is 8.11. The molecule has 0 fully saturated rings. The van der Waals surface area contributed by atoms with E-state index in [0.717, 1.165) is 0 Å². The predicted octanol–water partition coefficient (Wildman–Crippen LogP) is 1.89. The van der Waals surface area contributed by atoms with Crippen LogP contribution >= 0.6 is 0 Å². The minimum atomic E-state index is -0.883. The summed E-state index contributed by atoms with van der Waals surface area (Å²) in [4.78, 5) is 25.3. The van der Waals surface area contributed by atoms with E-state index in [0.29, 0.717) is 24.8 Å². The molecular weight excluding hydrogens is 222 g/mol. The van der Waals surface area contributed by atoms with Crippen molar-refractivity contribution in [3.8, 4) is 0 Å². The van der Waals surface area contributed by atoms with Gasteiger partial charge in [-0.3, -0.25) is 14.6 Å². The Labute approximate surface area is 99.1 Å². The predicted molar refractivity (Wildman–Crippen MR) is 60.7 cm³/mol. The number of unbranched alkanes of at least 4 members (excludes halogenated alkanes) is 1. The van der Waals surface area contributed by atoms with Gasteiger partial charge in [0, 0.05) is 18.8 Å². The largest absolute Gasteiger partial charge is 0.481 e. The molecule has 92 valence electrons. The van der Waals surface area contributed by atoms with E-state index in [2.05, 4.69) is 4.98 Å². The average molecular weight is 237 g/mol. The minimum Gasteiger partial charge on any atom is -0.481 e. The number of aliphatic carboxylic acids is 2. The fraction of sp³-hybridized carbons (Fsp3) is 0.417. The van der Waals surface area contributed by atoms with Crippen LogP contribution in [0, 0.1) is 0 Å². The van der Waals surface area contributed by atoms with E-state index >= 15 is 0 Å². The molecule has 0 bridgehead atoms. The number of nitrogens with zero attached hydrogens (tertiary/aromatic N) is 1. The lowest BCUT2D eigenvalue weighted by molar-refractivity contribution is -0.139. The minimum absolute atomic E-state index is 0.0860. The highest BCUT2D eigenvalue weighted by atomic mass is 16.4. The average Bonchev–Trinajstić information content (AvgIpc) is 2.29. The van der Waals surface area contributed by atoms with Gasteiger partial charge >= 0.3 is 11.9 Å². The Morgan fingerprint density at radius 3 is 2.35 bits per heavy atom. The summed E-state index contributed by atoms with van der Waals surface area (Å²) in [6, 6.07) is 3.35. The maximum absolute atomic E-state index is 11.1. The number of carbonyl (C=O) groups is 2. The van der Waals surface area contributed by atoms with Crippen LogP contribution < -0.4 is 0 Å². The van der Waals surface area contributed by atoms with Gasteiger partial charge in [0.1, 0.15) is 0 Å². The molecule has 0 saturated carbocycles. The van der Waals surface area contributed by atoms with Crippen LogP contribution in [-0.2, 0) is 9.59 Å². The van der Waals surface area contributed by atoms with Crippen molar-refractivity contribution in [2.75, 3.05) is 0 Å². The molecule has 17 heavy (non-hydrogen) atoms. The van der Waals surface area contributed by atoms with E-state index in [-0.39, 0.29) is 6.42 Å². The fourth-order valence-electron chi connectivity index (χ4n) is 1.65. The highest BCUT2D eigenvalue weighted by Gasteiger charge is 2.19. The lowest BCUT2D eigenvalue weighted by atomic mass is 9.94. The monoisotopic (exact) mass is 237 g/mol. The molecule has 5 nitrogen and oxygen atoms in total. The van der Waals surface area contributed by atoms with Gasteiger partial charge in [0.25, 0.3) is 0 Å². The van der Waals surface area contributed by atoms with Gasteiger partial charge in [-0.1, -0.05) is 6.42 Å². The zero-order chi connectivity index (χ0) is 12.7. The molecule has 0 spiro atoms. The zero-order valence-corrected chi connectivity index (χ0v) is 9.37. The molecule has 0 saturated heterocycles. The topological polar surface area (TPSA) is 87.5 Å². The Bertz CT molecular complexity index is 377. The maximum atomic E-state index is 11.1. The standard InChI is InChI=1S/C12H15NO4/c14-11(15)4-2-1-3-10(12(16)17)9-5-7-13-8-6-9/h5-8,10H,1-4H2,(H,14,15)(H,16,17). The lowest BCUT2D eigenvalue weighted by Crippen LogP contribution is -2.11. The van der Waals surface area contributed by atoms with Crippen molar-refractivity contribution in [2.45, 2.75) is 31.6 Å². The lowest BCUT2D eigenvalue weighted by Gasteiger charge is -2.11. The number of pyridine rings is 1. The summed E-state index contributed by atoms with van der Waals surface area (Å²) >= 11 is 0. The molecule has 1 heterocycles. The zero-order valence-electron chi connectivity index (χ0n) is 9.37. The van der Waals surface area contributed by atoms with Crippen LogP contribution in [0.4, 0.5) is 0 Å². The molecular formula is C12H15NO4. The SMILES string of the molecule is O=C(O)CCCCC(C(=O)O)c1ccncc1. The van der Waals surface area contributed by atoms with Gasteiger partial charge in [-0.15, -0.1) is 0 Å². The molecule has 0 radical (unpaired) electrons. The first-order valence-electron chi connectivity index (χ1n) is 5.46. The van der Waals surface area contributed by atoms with E-state index < -0.39 is 17.9 Å². The number of hydrogen-bond acceptors (Lipinski definition) is 3. The molecule has 1 aromatic heterocycles. The molecule has 0 aromatic carbocycles. The van der Waals surface area contributed by atoms with Crippen LogP contribution in [0.15, 0.2) is 24.5 Å². The van der Waals surface area contributed by atoms with Gasteiger partial charge in [-0.2, -0.15) is 0 Å². The molecule has 0 aliphatic heterocycles. The van der Waals surface area contributed by atoms with Gasteiger partial charge in [0.2, 0.25) is 0 Å². The third-order valence-electron chi connectivity index (χ3n) is 2.54. The summed E-state index contributed by atoms with van der Waals surface area (Å²) in [7, 11) is 0. The van der Waals surface area contributed by atoms with Crippen molar-refractivity contribution in [3.05, 3.63) is 30.1 Å². The van der Waals surface area contributed by atoms with Crippen molar-refractivity contribution in [2.24, 2.45) is 0 Å². The second-order valence-corrected chi connectivity index (χ2v) is 3.81. The Balaban J connectivity index is 2.51. The molecule has 1 rings (SSSR count). The smallest absolute Gasteiger partial charge is 0.310 e. The molecule has 5 heteroatoms. The van der Waals surface area contributed by atoms with E-state index in [1.165, 1.54) is 0 Å². The van der Waals surface area contributed by atoms with Gasteiger partial charge in [-0.05, 0) is 30.5 Å². The van der Waals surface area contributed by atoms with E-state index in [9.17, 15) is 9.59 Å². The van der Waals surface area contributed by atoms with Crippen LogP contribution in [0.5, 0.6) is 0 Å². The summed E-state index contributed by atoms with van der Waals surface area (Å²) in [5.74, 6) is -2.31. The fourth-order valence-corrected chi connectivity index (χ4v) is 1.65. The second kappa shape index (κ2) is 6.62. The third kappa shape index (κ3) is 4.63. The number of hydrogen-bond donors (Lipinski definition) is 2. The summed E-state index contributed by atoms with van der Waals surface area (Å²) < 4.78 is 0. The molecule has 2 N–H and O–H groups in total. The van der Waals surface area contributed by atoms with Crippen molar-refractivity contribution in [1.82, 2.24) is 4.98 Å². The Morgan fingerprint density at radius 2 is 1.82 bits per heavy atom. The van der Waals surface area contributed by atoms with Crippen LogP contribution in [0.1, 0.15) is 37.2 Å².